The lowest BCUT2D eigenvalue weighted by molar-refractivity contribution is -0.122. The van der Waals surface area contributed by atoms with Crippen molar-refractivity contribution >= 4 is 23.3 Å². The second-order valence-corrected chi connectivity index (χ2v) is 5.27. The van der Waals surface area contributed by atoms with E-state index in [0.717, 1.165) is 50.4 Å². The van der Waals surface area contributed by atoms with E-state index in [4.69, 9.17) is 17.3 Å². The number of anilines is 1. The van der Waals surface area contributed by atoms with Crippen molar-refractivity contribution in [3.05, 3.63) is 17.0 Å². The van der Waals surface area contributed by atoms with Crippen molar-refractivity contribution in [3.8, 4) is 0 Å². The van der Waals surface area contributed by atoms with E-state index in [9.17, 15) is 4.79 Å². The van der Waals surface area contributed by atoms with Gasteiger partial charge >= 0.3 is 0 Å². The van der Waals surface area contributed by atoms with Gasteiger partial charge in [0.1, 0.15) is 16.8 Å². The molecule has 0 spiro atoms. The highest BCUT2D eigenvalue weighted by Crippen LogP contribution is 2.23. The highest BCUT2D eigenvalue weighted by Gasteiger charge is 2.24. The van der Waals surface area contributed by atoms with Gasteiger partial charge in [0.2, 0.25) is 5.91 Å². The molecule has 1 amide bonds. The first-order valence-corrected chi connectivity index (χ1v) is 7.05. The molecule has 2 heterocycles. The molecule has 1 aliphatic rings. The Morgan fingerprint density at radius 2 is 2.16 bits per heavy atom. The van der Waals surface area contributed by atoms with E-state index < -0.39 is 0 Å². The van der Waals surface area contributed by atoms with Crippen LogP contribution in [0.1, 0.15) is 32.0 Å². The summed E-state index contributed by atoms with van der Waals surface area (Å²) < 4.78 is 0. The average Bonchev–Trinajstić information content (AvgIpc) is 2.38. The van der Waals surface area contributed by atoms with Crippen LogP contribution >= 0.6 is 11.6 Å². The molecule has 0 unspecified atom stereocenters. The molecule has 0 atom stereocenters. The van der Waals surface area contributed by atoms with Crippen LogP contribution in [-0.2, 0) is 11.2 Å². The second kappa shape index (κ2) is 6.19. The van der Waals surface area contributed by atoms with Crippen molar-refractivity contribution in [2.75, 3.05) is 18.0 Å². The molecule has 0 bridgehead atoms. The molecule has 1 aromatic rings. The Balaban J connectivity index is 2.08. The van der Waals surface area contributed by atoms with Crippen molar-refractivity contribution < 1.29 is 4.79 Å². The van der Waals surface area contributed by atoms with Crippen LogP contribution in [0.15, 0.2) is 6.07 Å². The summed E-state index contributed by atoms with van der Waals surface area (Å²) in [6, 6.07) is 1.78. The number of amides is 1. The van der Waals surface area contributed by atoms with Crippen LogP contribution in [0, 0.1) is 5.92 Å². The van der Waals surface area contributed by atoms with E-state index in [-0.39, 0.29) is 11.8 Å². The topological polar surface area (TPSA) is 72.1 Å². The molecule has 2 N–H and O–H groups in total. The monoisotopic (exact) mass is 282 g/mol. The zero-order chi connectivity index (χ0) is 13.8. The number of hydrogen-bond donors (Lipinski definition) is 1. The summed E-state index contributed by atoms with van der Waals surface area (Å²) in [6.07, 6.45) is 3.37. The molecule has 1 saturated heterocycles. The van der Waals surface area contributed by atoms with Gasteiger partial charge in [-0.2, -0.15) is 0 Å². The molecule has 6 heteroatoms. The summed E-state index contributed by atoms with van der Waals surface area (Å²) in [5.41, 5.74) is 5.33. The van der Waals surface area contributed by atoms with Gasteiger partial charge < -0.3 is 10.6 Å². The number of aryl methyl sites for hydroxylation is 1. The summed E-state index contributed by atoms with van der Waals surface area (Å²) in [5.74, 6) is 1.42. The van der Waals surface area contributed by atoms with Gasteiger partial charge in [0.05, 0.1) is 0 Å². The molecule has 2 rings (SSSR count). The smallest absolute Gasteiger partial charge is 0.220 e. The Labute approximate surface area is 118 Å². The van der Waals surface area contributed by atoms with E-state index in [2.05, 4.69) is 21.8 Å². The molecule has 19 heavy (non-hydrogen) atoms. The number of nitrogens with two attached hydrogens (primary N) is 1. The third-order valence-electron chi connectivity index (χ3n) is 3.42. The summed E-state index contributed by atoms with van der Waals surface area (Å²) in [5, 5.41) is 0.477. The molecule has 0 saturated carbocycles. The maximum Gasteiger partial charge on any atom is 0.220 e. The van der Waals surface area contributed by atoms with Crippen molar-refractivity contribution in [1.29, 1.82) is 0 Å². The van der Waals surface area contributed by atoms with Crippen LogP contribution in [0.4, 0.5) is 5.82 Å². The van der Waals surface area contributed by atoms with Gasteiger partial charge in [-0.3, -0.25) is 4.79 Å². The van der Waals surface area contributed by atoms with E-state index in [0.29, 0.717) is 5.15 Å². The van der Waals surface area contributed by atoms with Crippen molar-refractivity contribution in [2.45, 2.75) is 32.6 Å². The van der Waals surface area contributed by atoms with Crippen molar-refractivity contribution in [2.24, 2.45) is 11.7 Å². The molecular formula is C13H19ClN4O. The third kappa shape index (κ3) is 3.56. The normalized spacial score (nSPS) is 16.6. The minimum Gasteiger partial charge on any atom is -0.369 e. The van der Waals surface area contributed by atoms with Gasteiger partial charge in [-0.1, -0.05) is 18.5 Å². The fourth-order valence-corrected chi connectivity index (χ4v) is 2.54. The number of carbonyl (C=O) groups is 1. The van der Waals surface area contributed by atoms with Crippen LogP contribution in [0.3, 0.4) is 0 Å². The Morgan fingerprint density at radius 1 is 1.47 bits per heavy atom. The summed E-state index contributed by atoms with van der Waals surface area (Å²) in [7, 11) is 0. The second-order valence-electron chi connectivity index (χ2n) is 4.88. The minimum atomic E-state index is -0.202. The Kier molecular flexibility index (Phi) is 4.58. The molecule has 1 aliphatic heterocycles. The molecule has 0 radical (unpaired) electrons. The lowest BCUT2D eigenvalue weighted by atomic mass is 9.96. The standard InChI is InChI=1S/C13H19ClN4O/c1-2-3-11-16-10(14)8-12(17-11)18-6-4-9(5-7-18)13(15)19/h8-9H,2-7H2,1H3,(H2,15,19). The lowest BCUT2D eigenvalue weighted by Gasteiger charge is -2.31. The molecule has 5 nitrogen and oxygen atoms in total. The number of carbonyl (C=O) groups excluding carboxylic acids is 1. The fourth-order valence-electron chi connectivity index (χ4n) is 2.34. The maximum absolute atomic E-state index is 11.1. The number of aromatic nitrogens is 2. The largest absolute Gasteiger partial charge is 0.369 e. The number of primary amides is 1. The number of nitrogens with zero attached hydrogens (tertiary/aromatic N) is 3. The van der Waals surface area contributed by atoms with Gasteiger partial charge in [-0.25, -0.2) is 9.97 Å². The van der Waals surface area contributed by atoms with Crippen LogP contribution < -0.4 is 10.6 Å². The van der Waals surface area contributed by atoms with Crippen LogP contribution in [-0.4, -0.2) is 29.0 Å². The molecule has 1 aromatic heterocycles. The Hall–Kier alpha value is -1.36. The van der Waals surface area contributed by atoms with Gasteiger partial charge in [-0.05, 0) is 19.3 Å². The highest BCUT2D eigenvalue weighted by atomic mass is 35.5. The van der Waals surface area contributed by atoms with Crippen molar-refractivity contribution in [3.63, 3.8) is 0 Å². The third-order valence-corrected chi connectivity index (χ3v) is 3.62. The Bertz CT molecular complexity index is 458. The van der Waals surface area contributed by atoms with E-state index in [1.54, 1.807) is 6.07 Å². The highest BCUT2D eigenvalue weighted by molar-refractivity contribution is 6.29. The van der Waals surface area contributed by atoms with Gasteiger partial charge in [0.15, 0.2) is 0 Å². The molecule has 0 aliphatic carbocycles. The first kappa shape index (κ1) is 14.1. The van der Waals surface area contributed by atoms with E-state index >= 15 is 0 Å². The van der Waals surface area contributed by atoms with Crippen LogP contribution in [0.5, 0.6) is 0 Å². The molecule has 104 valence electrons. The van der Waals surface area contributed by atoms with Gasteiger partial charge in [0.25, 0.3) is 0 Å². The predicted molar refractivity (Wildman–Crippen MR) is 75.2 cm³/mol. The Morgan fingerprint density at radius 3 is 2.74 bits per heavy atom. The maximum atomic E-state index is 11.1. The lowest BCUT2D eigenvalue weighted by Crippen LogP contribution is -2.39. The van der Waals surface area contributed by atoms with E-state index in [1.807, 2.05) is 0 Å². The van der Waals surface area contributed by atoms with Crippen LogP contribution in [0.2, 0.25) is 5.15 Å². The zero-order valence-electron chi connectivity index (χ0n) is 11.1. The molecule has 1 fully saturated rings. The molecular weight excluding hydrogens is 264 g/mol. The average molecular weight is 283 g/mol. The number of rotatable bonds is 4. The predicted octanol–water partition coefficient (Wildman–Crippen LogP) is 1.78. The van der Waals surface area contributed by atoms with Crippen molar-refractivity contribution in [1.82, 2.24) is 9.97 Å². The SMILES string of the molecule is CCCc1nc(Cl)cc(N2CCC(C(N)=O)CC2)n1. The number of halogens is 1. The summed E-state index contributed by atoms with van der Waals surface area (Å²) in [4.78, 5) is 22.0. The number of piperidine rings is 1. The minimum absolute atomic E-state index is 0.0105. The van der Waals surface area contributed by atoms with Gasteiger partial charge in [-0.15, -0.1) is 0 Å². The zero-order valence-corrected chi connectivity index (χ0v) is 11.9. The fraction of sp³-hybridized carbons (Fsp3) is 0.615. The quantitative estimate of drug-likeness (QED) is 0.855. The van der Waals surface area contributed by atoms with E-state index in [1.165, 1.54) is 0 Å². The van der Waals surface area contributed by atoms with Gasteiger partial charge in [0, 0.05) is 31.5 Å². The van der Waals surface area contributed by atoms with Crippen LogP contribution in [0.25, 0.3) is 0 Å². The molecule has 0 aromatic carbocycles. The summed E-state index contributed by atoms with van der Waals surface area (Å²) >= 11 is 6.03. The first-order chi connectivity index (χ1) is 9.10. The number of hydrogen-bond acceptors (Lipinski definition) is 4. The summed E-state index contributed by atoms with van der Waals surface area (Å²) in [6.45, 7) is 3.65. The first-order valence-electron chi connectivity index (χ1n) is 6.68.